The highest BCUT2D eigenvalue weighted by Crippen LogP contribution is 2.23. The van der Waals surface area contributed by atoms with Crippen molar-refractivity contribution in [1.29, 1.82) is 0 Å². The van der Waals surface area contributed by atoms with Gasteiger partial charge in [-0.25, -0.2) is 9.37 Å². The highest BCUT2D eigenvalue weighted by Gasteiger charge is 2.22. The lowest BCUT2D eigenvalue weighted by Gasteiger charge is -2.36. The number of hydrogen-bond acceptors (Lipinski definition) is 7. The molecule has 0 radical (unpaired) electrons. The van der Waals surface area contributed by atoms with Gasteiger partial charge in [0.25, 0.3) is 5.91 Å². The van der Waals surface area contributed by atoms with Crippen LogP contribution in [-0.2, 0) is 17.8 Å². The fourth-order valence-electron chi connectivity index (χ4n) is 4.49. The minimum Gasteiger partial charge on any atom is -0.394 e. The molecule has 1 amide bonds. The number of ether oxygens (including phenoxy) is 1. The Bertz CT molecular complexity index is 1160. The smallest absolute Gasteiger partial charge is 0.251 e. The molecule has 10 heteroatoms. The molecule has 9 nitrogen and oxygen atoms in total. The first-order valence-electron chi connectivity index (χ1n) is 12.3. The minimum absolute atomic E-state index is 0.0249. The first kappa shape index (κ1) is 26.0. The Balaban J connectivity index is 1.49. The Labute approximate surface area is 210 Å². The summed E-state index contributed by atoms with van der Waals surface area (Å²) in [5.74, 6) is 0.384. The number of fused-ring (bicyclic) bond motifs is 1. The molecular formula is C26H34FN5O4. The lowest BCUT2D eigenvalue weighted by atomic mass is 10.2. The number of para-hydroxylation sites is 1. The van der Waals surface area contributed by atoms with Gasteiger partial charge in [-0.05, 0) is 36.8 Å². The van der Waals surface area contributed by atoms with Crippen LogP contribution in [0.15, 0.2) is 42.5 Å². The van der Waals surface area contributed by atoms with Gasteiger partial charge in [-0.15, -0.1) is 0 Å². The molecule has 0 aliphatic carbocycles. The van der Waals surface area contributed by atoms with Crippen LogP contribution in [0.4, 0.5) is 10.1 Å². The van der Waals surface area contributed by atoms with Crippen molar-refractivity contribution in [3.63, 3.8) is 0 Å². The maximum absolute atomic E-state index is 14.2. The van der Waals surface area contributed by atoms with Gasteiger partial charge in [0.15, 0.2) is 0 Å². The lowest BCUT2D eigenvalue weighted by Crippen LogP contribution is -2.46. The molecule has 0 bridgehead atoms. The van der Waals surface area contributed by atoms with Gasteiger partial charge in [0.1, 0.15) is 11.6 Å². The number of halogens is 1. The van der Waals surface area contributed by atoms with Crippen LogP contribution in [0, 0.1) is 5.82 Å². The van der Waals surface area contributed by atoms with E-state index in [9.17, 15) is 14.3 Å². The molecule has 1 aliphatic heterocycles. The Morgan fingerprint density at radius 1 is 1.19 bits per heavy atom. The molecule has 36 heavy (non-hydrogen) atoms. The van der Waals surface area contributed by atoms with Crippen molar-refractivity contribution in [1.82, 2.24) is 19.8 Å². The number of aliphatic hydroxyl groups excluding tert-OH is 2. The molecule has 2 aromatic carbocycles. The summed E-state index contributed by atoms with van der Waals surface area (Å²) in [6.07, 6.45) is -0.166. The Kier molecular flexibility index (Phi) is 8.87. The Hall–Kier alpha value is -3.05. The monoisotopic (exact) mass is 499 g/mol. The van der Waals surface area contributed by atoms with Crippen molar-refractivity contribution >= 4 is 22.6 Å². The number of nitrogens with zero attached hydrogens (tertiary/aromatic N) is 4. The number of aryl methyl sites for hydroxylation is 1. The van der Waals surface area contributed by atoms with Gasteiger partial charge in [-0.1, -0.05) is 12.1 Å². The van der Waals surface area contributed by atoms with Crippen molar-refractivity contribution in [2.45, 2.75) is 25.6 Å². The first-order chi connectivity index (χ1) is 17.5. The van der Waals surface area contributed by atoms with E-state index in [-0.39, 0.29) is 18.3 Å². The summed E-state index contributed by atoms with van der Waals surface area (Å²) in [6, 6.07) is 12.3. The topological polar surface area (TPSA) is 103 Å². The molecule has 1 fully saturated rings. The molecule has 1 atom stereocenters. The third-order valence-electron chi connectivity index (χ3n) is 6.46. The number of imidazole rings is 1. The quantitative estimate of drug-likeness (QED) is 0.345. The number of nitrogens with one attached hydrogen (secondary N) is 1. The molecule has 2 heterocycles. The number of aromatic nitrogens is 2. The second-order valence-electron chi connectivity index (χ2n) is 8.99. The predicted octanol–water partition coefficient (Wildman–Crippen LogP) is 1.62. The van der Waals surface area contributed by atoms with Crippen LogP contribution in [0.1, 0.15) is 22.6 Å². The molecule has 0 saturated carbocycles. The second kappa shape index (κ2) is 12.3. The first-order valence-corrected chi connectivity index (χ1v) is 12.3. The number of methoxy groups -OCH3 is 1. The van der Waals surface area contributed by atoms with Gasteiger partial charge in [0.05, 0.1) is 36.0 Å². The lowest BCUT2D eigenvalue weighted by molar-refractivity contribution is 0.0802. The third kappa shape index (κ3) is 6.19. The van der Waals surface area contributed by atoms with Crippen molar-refractivity contribution in [2.75, 3.05) is 57.9 Å². The van der Waals surface area contributed by atoms with Crippen LogP contribution in [0.25, 0.3) is 11.0 Å². The van der Waals surface area contributed by atoms with E-state index < -0.39 is 12.7 Å². The summed E-state index contributed by atoms with van der Waals surface area (Å²) in [4.78, 5) is 21.8. The van der Waals surface area contributed by atoms with Gasteiger partial charge in [0, 0.05) is 58.5 Å². The number of carbonyl (C=O) groups excluding carboxylic acids is 1. The predicted molar refractivity (Wildman–Crippen MR) is 136 cm³/mol. The zero-order valence-corrected chi connectivity index (χ0v) is 20.6. The van der Waals surface area contributed by atoms with Crippen molar-refractivity contribution < 1.29 is 24.1 Å². The largest absolute Gasteiger partial charge is 0.394 e. The van der Waals surface area contributed by atoms with Gasteiger partial charge in [0.2, 0.25) is 0 Å². The molecule has 1 unspecified atom stereocenters. The van der Waals surface area contributed by atoms with Crippen molar-refractivity contribution in [3.05, 3.63) is 59.7 Å². The van der Waals surface area contributed by atoms with E-state index in [0.717, 1.165) is 56.0 Å². The van der Waals surface area contributed by atoms with Crippen LogP contribution in [0.5, 0.6) is 0 Å². The van der Waals surface area contributed by atoms with Crippen molar-refractivity contribution in [3.8, 4) is 0 Å². The van der Waals surface area contributed by atoms with E-state index >= 15 is 0 Å². The van der Waals surface area contributed by atoms with Crippen LogP contribution < -0.4 is 10.2 Å². The molecule has 4 rings (SSSR count). The molecule has 3 aromatic rings. The Morgan fingerprint density at radius 3 is 2.69 bits per heavy atom. The molecule has 1 aromatic heterocycles. The maximum Gasteiger partial charge on any atom is 0.251 e. The van der Waals surface area contributed by atoms with E-state index in [1.165, 1.54) is 6.07 Å². The second-order valence-corrected chi connectivity index (χ2v) is 8.99. The SMILES string of the molecule is COCCCn1c(CN2CCN(c3ccccc3F)CC2)nc2cc(C(=O)NCC(O)CO)ccc21. The van der Waals surface area contributed by atoms with Crippen LogP contribution in [-0.4, -0.2) is 89.7 Å². The molecule has 3 N–H and O–H groups in total. The summed E-state index contributed by atoms with van der Waals surface area (Å²) in [5.41, 5.74) is 2.75. The number of rotatable bonds is 11. The van der Waals surface area contributed by atoms with Crippen molar-refractivity contribution in [2.24, 2.45) is 0 Å². The summed E-state index contributed by atoms with van der Waals surface area (Å²) in [7, 11) is 1.68. The normalized spacial score (nSPS) is 15.4. The number of carbonyl (C=O) groups is 1. The number of aliphatic hydroxyl groups is 2. The zero-order chi connectivity index (χ0) is 25.5. The van der Waals surface area contributed by atoms with E-state index in [1.54, 1.807) is 25.3 Å². The zero-order valence-electron chi connectivity index (χ0n) is 20.6. The van der Waals surface area contributed by atoms with E-state index in [2.05, 4.69) is 19.7 Å². The summed E-state index contributed by atoms with van der Waals surface area (Å²) < 4.78 is 21.6. The standard InChI is InChI=1S/C26H34FN5O4/c1-36-14-4-9-32-24-8-7-19(26(35)28-16-20(34)18-33)15-22(24)29-25(32)17-30-10-12-31(13-11-30)23-6-3-2-5-21(23)27/h2-3,5-8,15,20,33-34H,4,9-14,16-18H2,1H3,(H,28,35). The number of hydrogen-bond donors (Lipinski definition) is 3. The average molecular weight is 500 g/mol. The third-order valence-corrected chi connectivity index (χ3v) is 6.46. The number of benzene rings is 2. The van der Waals surface area contributed by atoms with E-state index in [0.29, 0.717) is 24.4 Å². The fraction of sp³-hybridized carbons (Fsp3) is 0.462. The summed E-state index contributed by atoms with van der Waals surface area (Å²) in [5, 5.41) is 21.1. The number of piperazine rings is 1. The number of anilines is 1. The molecule has 194 valence electrons. The highest BCUT2D eigenvalue weighted by atomic mass is 19.1. The number of amides is 1. The Morgan fingerprint density at radius 2 is 1.97 bits per heavy atom. The van der Waals surface area contributed by atoms with Crippen LogP contribution >= 0.6 is 0 Å². The van der Waals surface area contributed by atoms with Gasteiger partial charge in [-0.3, -0.25) is 9.69 Å². The molecular weight excluding hydrogens is 465 g/mol. The van der Waals surface area contributed by atoms with Crippen LogP contribution in [0.2, 0.25) is 0 Å². The fourth-order valence-corrected chi connectivity index (χ4v) is 4.49. The maximum atomic E-state index is 14.2. The minimum atomic E-state index is -0.997. The highest BCUT2D eigenvalue weighted by molar-refractivity contribution is 5.97. The van der Waals surface area contributed by atoms with Gasteiger partial charge < -0.3 is 29.7 Å². The van der Waals surface area contributed by atoms with Gasteiger partial charge >= 0.3 is 0 Å². The summed E-state index contributed by atoms with van der Waals surface area (Å²) >= 11 is 0. The molecule has 0 spiro atoms. The molecule has 1 aliphatic rings. The van der Waals surface area contributed by atoms with Crippen LogP contribution in [0.3, 0.4) is 0 Å². The average Bonchev–Trinajstić information content (AvgIpc) is 3.24. The van der Waals surface area contributed by atoms with E-state index in [1.807, 2.05) is 18.2 Å². The summed E-state index contributed by atoms with van der Waals surface area (Å²) in [6.45, 7) is 4.62. The van der Waals surface area contributed by atoms with Gasteiger partial charge in [-0.2, -0.15) is 0 Å². The van der Waals surface area contributed by atoms with E-state index in [4.69, 9.17) is 14.8 Å². The molecule has 1 saturated heterocycles.